The molecule has 0 aliphatic heterocycles. The molecule has 0 atom stereocenters. The molecule has 66 valence electrons. The molecule has 0 radical (unpaired) electrons. The molecule has 3 nitrogen and oxygen atoms in total. The topological polar surface area (TPSA) is 27.6 Å². The summed E-state index contributed by atoms with van der Waals surface area (Å²) in [5, 5.41) is 2.87. The lowest BCUT2D eigenvalue weighted by Gasteiger charge is -2.15. The van der Waals surface area contributed by atoms with Gasteiger partial charge in [0.15, 0.2) is 0 Å². The van der Waals surface area contributed by atoms with Crippen molar-refractivity contribution in [2.75, 3.05) is 33.2 Å². The van der Waals surface area contributed by atoms with Crippen molar-refractivity contribution in [1.29, 1.82) is 0 Å². The van der Waals surface area contributed by atoms with Gasteiger partial charge in [0.1, 0.15) is 0 Å². The predicted octanol–water partition coefficient (Wildman–Crippen LogP) is 0.576. The van der Waals surface area contributed by atoms with Crippen LogP contribution in [0.25, 0.3) is 0 Å². The summed E-state index contributed by atoms with van der Waals surface area (Å²) in [6, 6.07) is 0. The molecular formula is C8H19N3. The highest BCUT2D eigenvalue weighted by atomic mass is 15.1. The van der Waals surface area contributed by atoms with Gasteiger partial charge >= 0.3 is 0 Å². The molecule has 1 N–H and O–H groups in total. The minimum atomic E-state index is 0.891. The fraction of sp³-hybridized carbons (Fsp3) is 0.875. The molecule has 0 aromatic carbocycles. The average molecular weight is 157 g/mol. The number of likely N-dealkylation sites (N-methyl/N-ethyl adjacent to an activating group) is 1. The van der Waals surface area contributed by atoms with Gasteiger partial charge in [-0.15, -0.1) is 0 Å². The maximum Gasteiger partial charge on any atom is 0.0821 e. The number of rotatable bonds is 6. The summed E-state index contributed by atoms with van der Waals surface area (Å²) in [6.45, 7) is 8.53. The van der Waals surface area contributed by atoms with Crippen molar-refractivity contribution in [2.45, 2.75) is 13.8 Å². The SMILES string of the molecule is CCN(CC)CC/N=C/NC. The third-order valence-electron chi connectivity index (χ3n) is 1.66. The Morgan fingerprint density at radius 1 is 1.36 bits per heavy atom. The fourth-order valence-electron chi connectivity index (χ4n) is 0.895. The Balaban J connectivity index is 3.27. The highest BCUT2D eigenvalue weighted by molar-refractivity contribution is 5.53. The van der Waals surface area contributed by atoms with Gasteiger partial charge in [-0.25, -0.2) is 0 Å². The predicted molar refractivity (Wildman–Crippen MR) is 50.2 cm³/mol. The quantitative estimate of drug-likeness (QED) is 0.451. The van der Waals surface area contributed by atoms with Crippen molar-refractivity contribution in [2.24, 2.45) is 4.99 Å². The number of nitrogens with one attached hydrogen (secondary N) is 1. The van der Waals surface area contributed by atoms with Gasteiger partial charge in [0.2, 0.25) is 0 Å². The number of hydrogen-bond donors (Lipinski definition) is 1. The minimum absolute atomic E-state index is 0.891. The zero-order valence-corrected chi connectivity index (χ0v) is 7.80. The molecule has 0 spiro atoms. The first-order chi connectivity index (χ1) is 5.35. The van der Waals surface area contributed by atoms with Gasteiger partial charge in [-0.3, -0.25) is 4.99 Å². The van der Waals surface area contributed by atoms with Gasteiger partial charge in [0, 0.05) is 13.6 Å². The van der Waals surface area contributed by atoms with E-state index in [0.29, 0.717) is 0 Å². The summed E-state index contributed by atoms with van der Waals surface area (Å²) < 4.78 is 0. The monoisotopic (exact) mass is 157 g/mol. The average Bonchev–Trinajstić information content (AvgIpc) is 2.05. The van der Waals surface area contributed by atoms with Crippen LogP contribution < -0.4 is 5.32 Å². The fourth-order valence-corrected chi connectivity index (χ4v) is 0.895. The van der Waals surface area contributed by atoms with Crippen LogP contribution in [0.15, 0.2) is 4.99 Å². The van der Waals surface area contributed by atoms with Crippen molar-refractivity contribution >= 4 is 6.34 Å². The second-order valence-corrected chi connectivity index (χ2v) is 2.35. The zero-order valence-electron chi connectivity index (χ0n) is 7.80. The van der Waals surface area contributed by atoms with Crippen LogP contribution in [0.3, 0.4) is 0 Å². The third kappa shape index (κ3) is 5.85. The van der Waals surface area contributed by atoms with E-state index in [4.69, 9.17) is 0 Å². The summed E-state index contributed by atoms with van der Waals surface area (Å²) in [5.74, 6) is 0. The Bertz CT molecular complexity index is 97.5. The van der Waals surface area contributed by atoms with Gasteiger partial charge < -0.3 is 10.2 Å². The number of nitrogens with zero attached hydrogens (tertiary/aromatic N) is 2. The second kappa shape index (κ2) is 7.54. The normalized spacial score (nSPS) is 11.3. The van der Waals surface area contributed by atoms with E-state index < -0.39 is 0 Å². The first kappa shape index (κ1) is 10.4. The van der Waals surface area contributed by atoms with Crippen molar-refractivity contribution in [1.82, 2.24) is 10.2 Å². The first-order valence-corrected chi connectivity index (χ1v) is 4.23. The molecule has 0 heterocycles. The van der Waals surface area contributed by atoms with Gasteiger partial charge in [-0.05, 0) is 13.1 Å². The maximum atomic E-state index is 4.15. The van der Waals surface area contributed by atoms with Gasteiger partial charge in [-0.1, -0.05) is 13.8 Å². The molecule has 0 rings (SSSR count). The Morgan fingerprint density at radius 3 is 2.45 bits per heavy atom. The molecule has 0 aromatic heterocycles. The molecule has 0 fully saturated rings. The van der Waals surface area contributed by atoms with Gasteiger partial charge in [0.05, 0.1) is 12.9 Å². The number of aliphatic imine (C=N–C) groups is 1. The molecule has 0 amide bonds. The molecule has 0 saturated carbocycles. The van der Waals surface area contributed by atoms with Crippen LogP contribution in [0.5, 0.6) is 0 Å². The number of hydrogen-bond acceptors (Lipinski definition) is 2. The van der Waals surface area contributed by atoms with Gasteiger partial charge in [-0.2, -0.15) is 0 Å². The van der Waals surface area contributed by atoms with E-state index in [2.05, 4.69) is 29.1 Å². The molecule has 0 saturated heterocycles. The lowest BCUT2D eigenvalue weighted by molar-refractivity contribution is 0.313. The van der Waals surface area contributed by atoms with E-state index in [0.717, 1.165) is 26.2 Å². The Labute approximate surface area is 69.5 Å². The smallest absolute Gasteiger partial charge is 0.0821 e. The van der Waals surface area contributed by atoms with Crippen LogP contribution in [0.1, 0.15) is 13.8 Å². The standard InChI is InChI=1S/C8H19N3/c1-4-11(5-2)7-6-10-8-9-3/h8H,4-7H2,1-3H3,(H,9,10). The van der Waals surface area contributed by atoms with E-state index in [1.165, 1.54) is 0 Å². The maximum absolute atomic E-state index is 4.15. The van der Waals surface area contributed by atoms with Crippen molar-refractivity contribution in [3.05, 3.63) is 0 Å². The van der Waals surface area contributed by atoms with Crippen LogP contribution in [-0.4, -0.2) is 44.5 Å². The van der Waals surface area contributed by atoms with E-state index >= 15 is 0 Å². The van der Waals surface area contributed by atoms with E-state index in [1.807, 2.05) is 7.05 Å². The van der Waals surface area contributed by atoms with Crippen molar-refractivity contribution in [3.8, 4) is 0 Å². The van der Waals surface area contributed by atoms with Gasteiger partial charge in [0.25, 0.3) is 0 Å². The molecule has 0 unspecified atom stereocenters. The van der Waals surface area contributed by atoms with Crippen LogP contribution in [0, 0.1) is 0 Å². The summed E-state index contributed by atoms with van der Waals surface area (Å²) in [7, 11) is 1.86. The summed E-state index contributed by atoms with van der Waals surface area (Å²) in [5.41, 5.74) is 0. The van der Waals surface area contributed by atoms with E-state index in [9.17, 15) is 0 Å². The van der Waals surface area contributed by atoms with Crippen molar-refractivity contribution in [3.63, 3.8) is 0 Å². The molecule has 11 heavy (non-hydrogen) atoms. The van der Waals surface area contributed by atoms with E-state index in [-0.39, 0.29) is 0 Å². The summed E-state index contributed by atoms with van der Waals surface area (Å²) in [6.07, 6.45) is 1.74. The zero-order chi connectivity index (χ0) is 8.53. The molecule has 0 aliphatic carbocycles. The van der Waals surface area contributed by atoms with Crippen LogP contribution in [0.2, 0.25) is 0 Å². The molecule has 0 aromatic rings. The van der Waals surface area contributed by atoms with E-state index in [1.54, 1.807) is 6.34 Å². The highest BCUT2D eigenvalue weighted by Gasteiger charge is 1.94. The Kier molecular flexibility index (Phi) is 7.15. The van der Waals surface area contributed by atoms with Crippen LogP contribution in [0.4, 0.5) is 0 Å². The molecular weight excluding hydrogens is 138 g/mol. The first-order valence-electron chi connectivity index (χ1n) is 4.23. The molecule has 0 aliphatic rings. The summed E-state index contributed by atoms with van der Waals surface area (Å²) >= 11 is 0. The van der Waals surface area contributed by atoms with Crippen LogP contribution >= 0.6 is 0 Å². The summed E-state index contributed by atoms with van der Waals surface area (Å²) in [4.78, 5) is 6.50. The third-order valence-corrected chi connectivity index (χ3v) is 1.66. The molecule has 0 bridgehead atoms. The highest BCUT2D eigenvalue weighted by Crippen LogP contribution is 1.85. The second-order valence-electron chi connectivity index (χ2n) is 2.35. The Morgan fingerprint density at radius 2 is 2.00 bits per heavy atom. The van der Waals surface area contributed by atoms with Crippen LogP contribution in [-0.2, 0) is 0 Å². The minimum Gasteiger partial charge on any atom is -0.380 e. The largest absolute Gasteiger partial charge is 0.380 e. The van der Waals surface area contributed by atoms with Crippen molar-refractivity contribution < 1.29 is 0 Å². The lowest BCUT2D eigenvalue weighted by atomic mass is 10.5. The lowest BCUT2D eigenvalue weighted by Crippen LogP contribution is -2.25. The molecule has 3 heteroatoms. The Hall–Kier alpha value is -0.570.